The molecule has 5 nitrogen and oxygen atoms in total. The largest absolute Gasteiger partial charge is 0.466 e. The monoisotopic (exact) mass is 262 g/mol. The van der Waals surface area contributed by atoms with Crippen LogP contribution in [0.15, 0.2) is 15.6 Å². The summed E-state index contributed by atoms with van der Waals surface area (Å²) < 4.78 is 5.43. The maximum absolute atomic E-state index is 12.4. The number of rotatable bonds is 1. The molecule has 1 fully saturated rings. The molecule has 2 aliphatic rings. The molecule has 5 heteroatoms. The molecule has 0 aromatic carbocycles. The first-order chi connectivity index (χ1) is 9.10. The molecule has 0 aliphatic carbocycles. The van der Waals surface area contributed by atoms with Crippen LogP contribution < -0.4 is 0 Å². The van der Waals surface area contributed by atoms with Crippen LogP contribution in [0.3, 0.4) is 0 Å². The summed E-state index contributed by atoms with van der Waals surface area (Å²) in [6.07, 6.45) is 4.36. The van der Waals surface area contributed by atoms with Crippen LogP contribution >= 0.6 is 0 Å². The lowest BCUT2D eigenvalue weighted by molar-refractivity contribution is -0.0568. The molecule has 2 aliphatic heterocycles. The molecule has 0 atom stereocenters. The number of aryl methyl sites for hydroxylation is 2. The van der Waals surface area contributed by atoms with Gasteiger partial charge in [0.15, 0.2) is 0 Å². The van der Waals surface area contributed by atoms with Gasteiger partial charge in [0.05, 0.1) is 5.56 Å². The van der Waals surface area contributed by atoms with E-state index >= 15 is 0 Å². The summed E-state index contributed by atoms with van der Waals surface area (Å²) in [7, 11) is 0. The molecular formula is C14H18N2O3. The Kier molecular flexibility index (Phi) is 2.84. The van der Waals surface area contributed by atoms with Crippen molar-refractivity contribution in [2.75, 3.05) is 13.1 Å². The van der Waals surface area contributed by atoms with Crippen LogP contribution in [-0.4, -0.2) is 35.7 Å². The average molecular weight is 262 g/mol. The molecule has 19 heavy (non-hydrogen) atoms. The van der Waals surface area contributed by atoms with Crippen LogP contribution in [0.5, 0.6) is 0 Å². The van der Waals surface area contributed by atoms with Crippen LogP contribution in [0.25, 0.3) is 0 Å². The van der Waals surface area contributed by atoms with Gasteiger partial charge in [-0.1, -0.05) is 5.16 Å². The number of nitrogens with zero attached hydrogens (tertiary/aromatic N) is 2. The second kappa shape index (κ2) is 4.40. The first-order valence-electron chi connectivity index (χ1n) is 6.66. The van der Waals surface area contributed by atoms with Crippen LogP contribution in [-0.2, 0) is 4.84 Å². The van der Waals surface area contributed by atoms with Gasteiger partial charge >= 0.3 is 0 Å². The van der Waals surface area contributed by atoms with Crippen LogP contribution in [0.2, 0.25) is 0 Å². The van der Waals surface area contributed by atoms with Crippen molar-refractivity contribution in [2.24, 2.45) is 5.16 Å². The van der Waals surface area contributed by atoms with Crippen molar-refractivity contribution in [3.8, 4) is 0 Å². The Labute approximate surface area is 112 Å². The summed E-state index contributed by atoms with van der Waals surface area (Å²) in [5.41, 5.74) is 0.523. The van der Waals surface area contributed by atoms with Crippen molar-refractivity contribution in [1.82, 2.24) is 4.90 Å². The van der Waals surface area contributed by atoms with Gasteiger partial charge in [0.25, 0.3) is 5.91 Å². The summed E-state index contributed by atoms with van der Waals surface area (Å²) in [4.78, 5) is 19.8. The SMILES string of the molecule is Cc1cc(C(=O)N2CCC3(CC=NO3)CC2)c(C)o1. The first-order valence-corrected chi connectivity index (χ1v) is 6.66. The smallest absolute Gasteiger partial charge is 0.257 e. The predicted molar refractivity (Wildman–Crippen MR) is 70.2 cm³/mol. The Bertz CT molecular complexity index is 515. The minimum Gasteiger partial charge on any atom is -0.466 e. The van der Waals surface area contributed by atoms with E-state index < -0.39 is 0 Å². The summed E-state index contributed by atoms with van der Waals surface area (Å²) in [5.74, 6) is 1.54. The fourth-order valence-electron chi connectivity index (χ4n) is 2.82. The van der Waals surface area contributed by atoms with Crippen molar-refractivity contribution in [2.45, 2.75) is 38.7 Å². The molecule has 1 amide bonds. The fraction of sp³-hybridized carbons (Fsp3) is 0.571. The zero-order chi connectivity index (χ0) is 13.5. The molecule has 1 saturated heterocycles. The van der Waals surface area contributed by atoms with E-state index in [0.717, 1.165) is 25.0 Å². The molecule has 0 bridgehead atoms. The Morgan fingerprint density at radius 1 is 1.37 bits per heavy atom. The van der Waals surface area contributed by atoms with Gasteiger partial charge in [-0.05, 0) is 19.9 Å². The Morgan fingerprint density at radius 2 is 2.11 bits per heavy atom. The van der Waals surface area contributed by atoms with Crippen molar-refractivity contribution < 1.29 is 14.0 Å². The third kappa shape index (κ3) is 2.13. The number of carbonyl (C=O) groups is 1. The molecular weight excluding hydrogens is 244 g/mol. The molecule has 1 spiro atoms. The summed E-state index contributed by atoms with van der Waals surface area (Å²) in [5, 5.41) is 3.86. The van der Waals surface area contributed by atoms with E-state index in [2.05, 4.69) is 5.16 Å². The molecule has 0 unspecified atom stereocenters. The Hall–Kier alpha value is -1.78. The lowest BCUT2D eigenvalue weighted by atomic mass is 9.89. The molecule has 3 rings (SSSR count). The molecule has 1 aromatic heterocycles. The molecule has 1 aromatic rings. The van der Waals surface area contributed by atoms with Gasteiger partial charge < -0.3 is 14.2 Å². The predicted octanol–water partition coefficient (Wildman–Crippen LogP) is 2.28. The van der Waals surface area contributed by atoms with E-state index in [4.69, 9.17) is 9.25 Å². The highest BCUT2D eigenvalue weighted by atomic mass is 16.7. The Balaban J connectivity index is 1.68. The zero-order valence-corrected chi connectivity index (χ0v) is 11.3. The topological polar surface area (TPSA) is 55.0 Å². The number of likely N-dealkylation sites (tertiary alicyclic amines) is 1. The van der Waals surface area contributed by atoms with Gasteiger partial charge in [-0.15, -0.1) is 0 Å². The minimum atomic E-state index is -0.155. The number of hydrogen-bond acceptors (Lipinski definition) is 4. The van der Waals surface area contributed by atoms with Gasteiger partial charge in [0.1, 0.15) is 17.1 Å². The molecule has 0 saturated carbocycles. The number of amides is 1. The lowest BCUT2D eigenvalue weighted by Gasteiger charge is -2.37. The van der Waals surface area contributed by atoms with Gasteiger partial charge in [0.2, 0.25) is 0 Å². The van der Waals surface area contributed by atoms with Crippen LogP contribution in [0, 0.1) is 13.8 Å². The second-order valence-electron chi connectivity index (χ2n) is 5.39. The number of oxime groups is 1. The number of furan rings is 1. The zero-order valence-electron chi connectivity index (χ0n) is 11.3. The minimum absolute atomic E-state index is 0.0584. The summed E-state index contributed by atoms with van der Waals surface area (Å²) >= 11 is 0. The normalized spacial score (nSPS) is 20.8. The van der Waals surface area contributed by atoms with E-state index in [0.29, 0.717) is 24.4 Å². The number of hydrogen-bond donors (Lipinski definition) is 0. The van der Waals surface area contributed by atoms with E-state index in [-0.39, 0.29) is 11.5 Å². The van der Waals surface area contributed by atoms with Crippen LogP contribution in [0.4, 0.5) is 0 Å². The van der Waals surface area contributed by atoms with E-state index in [1.54, 1.807) is 0 Å². The molecule has 0 radical (unpaired) electrons. The lowest BCUT2D eigenvalue weighted by Crippen LogP contribution is -2.46. The van der Waals surface area contributed by atoms with E-state index in [1.807, 2.05) is 31.0 Å². The molecule has 102 valence electrons. The average Bonchev–Trinajstić information content (AvgIpc) is 2.97. The van der Waals surface area contributed by atoms with Gasteiger partial charge in [-0.2, -0.15) is 0 Å². The summed E-state index contributed by atoms with van der Waals surface area (Å²) in [6, 6.07) is 1.82. The number of carbonyl (C=O) groups excluding carboxylic acids is 1. The highest BCUT2D eigenvalue weighted by molar-refractivity contribution is 5.95. The maximum Gasteiger partial charge on any atom is 0.257 e. The fourth-order valence-corrected chi connectivity index (χ4v) is 2.82. The molecule has 0 N–H and O–H groups in total. The third-order valence-corrected chi connectivity index (χ3v) is 4.02. The van der Waals surface area contributed by atoms with E-state index in [1.165, 1.54) is 0 Å². The highest BCUT2D eigenvalue weighted by Crippen LogP contribution is 2.33. The first kappa shape index (κ1) is 12.3. The molecule has 3 heterocycles. The Morgan fingerprint density at radius 3 is 2.63 bits per heavy atom. The van der Waals surface area contributed by atoms with Gasteiger partial charge in [0, 0.05) is 38.6 Å². The number of piperidine rings is 1. The van der Waals surface area contributed by atoms with Crippen molar-refractivity contribution in [3.63, 3.8) is 0 Å². The van der Waals surface area contributed by atoms with Gasteiger partial charge in [-0.3, -0.25) is 4.79 Å². The maximum atomic E-state index is 12.4. The van der Waals surface area contributed by atoms with Crippen molar-refractivity contribution >= 4 is 12.1 Å². The van der Waals surface area contributed by atoms with Crippen LogP contribution in [0.1, 0.15) is 41.1 Å². The van der Waals surface area contributed by atoms with Crippen molar-refractivity contribution in [3.05, 3.63) is 23.2 Å². The van der Waals surface area contributed by atoms with E-state index in [9.17, 15) is 4.79 Å². The highest BCUT2D eigenvalue weighted by Gasteiger charge is 2.40. The standard InChI is InChI=1S/C14H18N2O3/c1-10-9-12(11(2)18-10)13(17)16-7-4-14(5-8-16)3-6-15-19-14/h6,9H,3-5,7-8H2,1-2H3. The second-order valence-corrected chi connectivity index (χ2v) is 5.39. The quantitative estimate of drug-likeness (QED) is 0.780. The third-order valence-electron chi connectivity index (χ3n) is 4.02. The van der Waals surface area contributed by atoms with Gasteiger partial charge in [-0.25, -0.2) is 0 Å². The van der Waals surface area contributed by atoms with Crippen molar-refractivity contribution in [1.29, 1.82) is 0 Å². The summed E-state index contributed by atoms with van der Waals surface area (Å²) in [6.45, 7) is 5.12.